The van der Waals surface area contributed by atoms with E-state index in [-0.39, 0.29) is 5.91 Å². The first-order valence-corrected chi connectivity index (χ1v) is 6.64. The van der Waals surface area contributed by atoms with Gasteiger partial charge in [0.1, 0.15) is 0 Å². The molecule has 4 heteroatoms. The molecule has 0 N–H and O–H groups in total. The number of nitrogens with zero attached hydrogens (tertiary/aromatic N) is 2. The maximum atomic E-state index is 12.0. The van der Waals surface area contributed by atoms with E-state index in [0.29, 0.717) is 11.6 Å². The first kappa shape index (κ1) is 11.6. The van der Waals surface area contributed by atoms with Crippen LogP contribution in [-0.4, -0.2) is 30.4 Å². The molecule has 1 aromatic carbocycles. The van der Waals surface area contributed by atoms with Gasteiger partial charge in [0.2, 0.25) is 0 Å². The van der Waals surface area contributed by atoms with Gasteiger partial charge in [-0.2, -0.15) is 0 Å². The molecule has 3 nitrogen and oxygen atoms in total. The van der Waals surface area contributed by atoms with Crippen molar-refractivity contribution in [1.29, 1.82) is 0 Å². The number of carbonyl (C=O) groups excluding carboxylic acids is 1. The van der Waals surface area contributed by atoms with Crippen molar-refractivity contribution < 1.29 is 4.79 Å². The fourth-order valence-electron chi connectivity index (χ4n) is 2.54. The molecule has 0 saturated carbocycles. The Labute approximate surface area is 112 Å². The van der Waals surface area contributed by atoms with Crippen molar-refractivity contribution in [3.05, 3.63) is 41.1 Å². The lowest BCUT2D eigenvalue weighted by Crippen LogP contribution is -2.28. The van der Waals surface area contributed by atoms with Gasteiger partial charge in [0.25, 0.3) is 5.91 Å². The molecule has 1 aromatic rings. The number of amides is 1. The average molecular weight is 263 g/mol. The molecular weight excluding hydrogens is 248 g/mol. The molecule has 3 rings (SSSR count). The van der Waals surface area contributed by atoms with Gasteiger partial charge in [0, 0.05) is 35.6 Å². The van der Waals surface area contributed by atoms with Crippen molar-refractivity contribution in [3.63, 3.8) is 0 Å². The molecule has 0 aliphatic carbocycles. The fourth-order valence-corrected chi connectivity index (χ4v) is 2.67. The minimum Gasteiger partial charge on any atom is -0.373 e. The zero-order valence-corrected chi connectivity index (χ0v) is 10.9. The summed E-state index contributed by atoms with van der Waals surface area (Å²) in [6, 6.07) is 7.41. The first-order chi connectivity index (χ1) is 8.74. The molecular formula is C14H15ClN2O. The summed E-state index contributed by atoms with van der Waals surface area (Å²) >= 11 is 5.86. The Morgan fingerprint density at radius 1 is 1.06 bits per heavy atom. The first-order valence-electron chi connectivity index (χ1n) is 6.26. The minimum absolute atomic E-state index is 0.0687. The number of benzene rings is 1. The van der Waals surface area contributed by atoms with Gasteiger partial charge in [-0.3, -0.25) is 4.79 Å². The van der Waals surface area contributed by atoms with E-state index in [0.717, 1.165) is 24.5 Å². The molecule has 0 unspecified atom stereocenters. The highest BCUT2D eigenvalue weighted by Gasteiger charge is 2.27. The molecule has 94 valence electrons. The van der Waals surface area contributed by atoms with Crippen LogP contribution < -0.4 is 4.90 Å². The van der Waals surface area contributed by atoms with Crippen molar-refractivity contribution in [2.24, 2.45) is 0 Å². The number of halogens is 1. The maximum absolute atomic E-state index is 12.0. The van der Waals surface area contributed by atoms with E-state index in [2.05, 4.69) is 4.90 Å². The zero-order valence-electron chi connectivity index (χ0n) is 10.1. The van der Waals surface area contributed by atoms with Gasteiger partial charge < -0.3 is 9.80 Å². The van der Waals surface area contributed by atoms with Gasteiger partial charge in [-0.25, -0.2) is 0 Å². The van der Waals surface area contributed by atoms with Gasteiger partial charge >= 0.3 is 0 Å². The Hall–Kier alpha value is -1.48. The lowest BCUT2D eigenvalue weighted by Gasteiger charge is -2.21. The van der Waals surface area contributed by atoms with Crippen LogP contribution in [0.2, 0.25) is 5.02 Å². The molecule has 2 aliphatic rings. The lowest BCUT2D eigenvalue weighted by molar-refractivity contribution is -0.113. The number of hydrogen-bond acceptors (Lipinski definition) is 2. The Kier molecular flexibility index (Phi) is 3.00. The van der Waals surface area contributed by atoms with Crippen LogP contribution in [0.1, 0.15) is 12.8 Å². The summed E-state index contributed by atoms with van der Waals surface area (Å²) in [6.45, 7) is 2.83. The van der Waals surface area contributed by atoms with Gasteiger partial charge in [-0.05, 0) is 37.1 Å². The predicted octanol–water partition coefficient (Wildman–Crippen LogP) is 2.67. The highest BCUT2D eigenvalue weighted by molar-refractivity contribution is 6.30. The summed E-state index contributed by atoms with van der Waals surface area (Å²) in [6.07, 6.45) is 4.22. The molecule has 2 heterocycles. The minimum atomic E-state index is 0.0687. The molecule has 1 fully saturated rings. The standard InChI is InChI=1S/C14H15ClN2O/c15-11-3-5-12(6-4-11)17-10-13(9-14(17)18)16-7-1-2-8-16/h3-6,9H,1-2,7-8,10H2. The second-order valence-electron chi connectivity index (χ2n) is 4.73. The van der Waals surface area contributed by atoms with E-state index in [4.69, 9.17) is 11.6 Å². The molecule has 18 heavy (non-hydrogen) atoms. The quantitative estimate of drug-likeness (QED) is 0.818. The van der Waals surface area contributed by atoms with E-state index in [1.165, 1.54) is 12.8 Å². The van der Waals surface area contributed by atoms with Crippen LogP contribution in [0.3, 0.4) is 0 Å². The van der Waals surface area contributed by atoms with Crippen molar-refractivity contribution in [1.82, 2.24) is 4.90 Å². The predicted molar refractivity (Wildman–Crippen MR) is 72.7 cm³/mol. The van der Waals surface area contributed by atoms with E-state index < -0.39 is 0 Å². The Bertz CT molecular complexity index is 489. The van der Waals surface area contributed by atoms with Crippen LogP contribution in [0.25, 0.3) is 0 Å². The number of carbonyl (C=O) groups is 1. The number of rotatable bonds is 2. The van der Waals surface area contributed by atoms with E-state index in [1.54, 1.807) is 11.0 Å². The molecule has 0 bridgehead atoms. The summed E-state index contributed by atoms with van der Waals surface area (Å²) in [7, 11) is 0. The molecule has 1 amide bonds. The molecule has 0 spiro atoms. The second kappa shape index (κ2) is 4.65. The average Bonchev–Trinajstić information content (AvgIpc) is 2.99. The third-order valence-corrected chi connectivity index (χ3v) is 3.78. The second-order valence-corrected chi connectivity index (χ2v) is 5.17. The van der Waals surface area contributed by atoms with E-state index in [1.807, 2.05) is 24.3 Å². The van der Waals surface area contributed by atoms with Crippen LogP contribution in [0.15, 0.2) is 36.0 Å². The van der Waals surface area contributed by atoms with Crippen LogP contribution in [0, 0.1) is 0 Å². The SMILES string of the molecule is O=C1C=C(N2CCCC2)CN1c1ccc(Cl)cc1. The highest BCUT2D eigenvalue weighted by atomic mass is 35.5. The van der Waals surface area contributed by atoms with E-state index >= 15 is 0 Å². The molecule has 1 saturated heterocycles. The highest BCUT2D eigenvalue weighted by Crippen LogP contribution is 2.26. The van der Waals surface area contributed by atoms with Gasteiger partial charge in [0.15, 0.2) is 0 Å². The largest absolute Gasteiger partial charge is 0.373 e. The van der Waals surface area contributed by atoms with Crippen LogP contribution >= 0.6 is 11.6 Å². The fraction of sp³-hybridized carbons (Fsp3) is 0.357. The van der Waals surface area contributed by atoms with Gasteiger partial charge in [-0.15, -0.1) is 0 Å². The summed E-state index contributed by atoms with van der Waals surface area (Å²) in [5, 5.41) is 0.693. The normalized spacial score (nSPS) is 19.6. The van der Waals surface area contributed by atoms with Crippen LogP contribution in [0.4, 0.5) is 5.69 Å². The Balaban J connectivity index is 1.77. The zero-order chi connectivity index (χ0) is 12.5. The molecule has 0 aromatic heterocycles. The number of hydrogen-bond donors (Lipinski definition) is 0. The van der Waals surface area contributed by atoms with Crippen LogP contribution in [0.5, 0.6) is 0 Å². The smallest absolute Gasteiger partial charge is 0.253 e. The molecule has 2 aliphatic heterocycles. The molecule has 0 radical (unpaired) electrons. The summed E-state index contributed by atoms with van der Waals surface area (Å²) in [4.78, 5) is 16.1. The van der Waals surface area contributed by atoms with E-state index in [9.17, 15) is 4.79 Å². The van der Waals surface area contributed by atoms with Crippen molar-refractivity contribution >= 4 is 23.2 Å². The third kappa shape index (κ3) is 2.10. The summed E-state index contributed by atoms with van der Waals surface area (Å²) < 4.78 is 0. The van der Waals surface area contributed by atoms with Gasteiger partial charge in [-0.1, -0.05) is 11.6 Å². The van der Waals surface area contributed by atoms with Gasteiger partial charge in [0.05, 0.1) is 6.54 Å². The number of likely N-dealkylation sites (tertiary alicyclic amines) is 1. The van der Waals surface area contributed by atoms with Crippen molar-refractivity contribution in [3.8, 4) is 0 Å². The summed E-state index contributed by atoms with van der Waals surface area (Å²) in [5.41, 5.74) is 2.06. The third-order valence-electron chi connectivity index (χ3n) is 3.53. The monoisotopic (exact) mass is 262 g/mol. The Morgan fingerprint density at radius 3 is 2.39 bits per heavy atom. The maximum Gasteiger partial charge on any atom is 0.253 e. The van der Waals surface area contributed by atoms with Crippen molar-refractivity contribution in [2.45, 2.75) is 12.8 Å². The Morgan fingerprint density at radius 2 is 1.72 bits per heavy atom. The lowest BCUT2D eigenvalue weighted by atomic mass is 10.3. The van der Waals surface area contributed by atoms with Crippen molar-refractivity contribution in [2.75, 3.05) is 24.5 Å². The summed E-state index contributed by atoms with van der Waals surface area (Å²) in [5.74, 6) is 0.0687. The van der Waals surface area contributed by atoms with Crippen LogP contribution in [-0.2, 0) is 4.79 Å². The molecule has 0 atom stereocenters. The number of anilines is 1. The topological polar surface area (TPSA) is 23.6 Å².